The fourth-order valence-electron chi connectivity index (χ4n) is 6.88. The highest BCUT2D eigenvalue weighted by Crippen LogP contribution is 2.23. The molecule has 5 atom stereocenters. The van der Waals surface area contributed by atoms with Gasteiger partial charge in [0.1, 0.15) is 30.2 Å². The van der Waals surface area contributed by atoms with Gasteiger partial charge in [0.15, 0.2) is 0 Å². The molecule has 2 bridgehead atoms. The molecule has 0 spiro atoms. The van der Waals surface area contributed by atoms with Crippen LogP contribution in [0.5, 0.6) is 0 Å². The van der Waals surface area contributed by atoms with Gasteiger partial charge >= 0.3 is 5.97 Å². The molecule has 2 aliphatic heterocycles. The van der Waals surface area contributed by atoms with Crippen LogP contribution in [0, 0.1) is 0 Å². The van der Waals surface area contributed by atoms with E-state index in [9.17, 15) is 38.7 Å². The lowest BCUT2D eigenvalue weighted by atomic mass is 9.99. The molecule has 4 aromatic carbocycles. The first-order valence-electron chi connectivity index (χ1n) is 20.3. The molecule has 3 heterocycles. The van der Waals surface area contributed by atoms with Crippen LogP contribution in [0.15, 0.2) is 127 Å². The third-order valence-corrected chi connectivity index (χ3v) is 11.3. The Balaban J connectivity index is 1.36. The number of carbonyl (C=O) groups excluding carboxylic acids is 6. The van der Waals surface area contributed by atoms with Gasteiger partial charge in [-0.25, -0.2) is 0 Å². The van der Waals surface area contributed by atoms with Gasteiger partial charge in [-0.1, -0.05) is 103 Å². The summed E-state index contributed by atoms with van der Waals surface area (Å²) < 4.78 is 0. The highest BCUT2D eigenvalue weighted by atomic mass is 32.1. The van der Waals surface area contributed by atoms with Gasteiger partial charge in [-0.05, 0) is 71.2 Å². The summed E-state index contributed by atoms with van der Waals surface area (Å²) in [4.78, 5) is 95.2. The first-order chi connectivity index (χ1) is 29.9. The number of carbonyl (C=O) groups is 7. The van der Waals surface area contributed by atoms with Crippen molar-refractivity contribution in [1.29, 1.82) is 0 Å². The van der Waals surface area contributed by atoms with Crippen molar-refractivity contribution in [3.8, 4) is 11.1 Å². The maximum atomic E-state index is 14.6. The van der Waals surface area contributed by atoms with Crippen LogP contribution in [0.3, 0.4) is 0 Å². The third-order valence-electron chi connectivity index (χ3n) is 10.3. The lowest BCUT2D eigenvalue weighted by Crippen LogP contribution is -2.58. The van der Waals surface area contributed by atoms with Gasteiger partial charge in [0.25, 0.3) is 0 Å². The second-order valence-corrected chi connectivity index (χ2v) is 16.0. The largest absolute Gasteiger partial charge is 0.480 e. The van der Waals surface area contributed by atoms with Gasteiger partial charge in [-0.2, -0.15) is 0 Å². The molecule has 2 aliphatic rings. The maximum absolute atomic E-state index is 14.6. The summed E-state index contributed by atoms with van der Waals surface area (Å²) in [5, 5.41) is 27.6. The summed E-state index contributed by atoms with van der Waals surface area (Å²) >= 11 is 1.23. The predicted octanol–water partition coefficient (Wildman–Crippen LogP) is 4.47. The molecular formula is C47H48N6O8S. The zero-order valence-electron chi connectivity index (χ0n) is 34.0. The van der Waals surface area contributed by atoms with Crippen molar-refractivity contribution in [2.24, 2.45) is 0 Å². The van der Waals surface area contributed by atoms with Gasteiger partial charge in [0.2, 0.25) is 35.4 Å². The van der Waals surface area contributed by atoms with Crippen LogP contribution in [0.25, 0.3) is 11.1 Å². The standard InChI is InChI=1S/C47H48N6O8S/c1-29(47(60)61)48-44(57)37-28-32-16-21-35(22-17-32)49-40(54)24-25-41(55)53-42(39-13-8-26-62-39)46(59)52-38(27-31-14-19-34(20-15-31)33-11-6-3-7-12-33)45(58)50-36(43(56)51-37)23-18-30-9-4-2-5-10-30/h2-17,19-22,26,29,36-38,42H,18,23-25,27-28H2,1H3,(H,48,57)(H,49,54)(H,50,58)(H,51,56)(H,52,59)(H,53,55)(H,60,61)/t29-,36-,37+,38+,42?/m1/s1. The lowest BCUT2D eigenvalue weighted by molar-refractivity contribution is -0.141. The number of amides is 6. The van der Waals surface area contributed by atoms with E-state index in [1.54, 1.807) is 41.8 Å². The molecule has 6 amide bonds. The zero-order valence-corrected chi connectivity index (χ0v) is 34.8. The van der Waals surface area contributed by atoms with Crippen LogP contribution in [0.4, 0.5) is 5.69 Å². The van der Waals surface area contributed by atoms with E-state index in [2.05, 4.69) is 31.9 Å². The van der Waals surface area contributed by atoms with Crippen molar-refractivity contribution in [1.82, 2.24) is 26.6 Å². The van der Waals surface area contributed by atoms with Gasteiger partial charge in [-0.15, -0.1) is 11.3 Å². The van der Waals surface area contributed by atoms with Crippen LogP contribution >= 0.6 is 11.3 Å². The number of aliphatic carboxylic acids is 1. The first kappa shape index (κ1) is 44.4. The summed E-state index contributed by atoms with van der Waals surface area (Å²) in [7, 11) is 0. The van der Waals surface area contributed by atoms with Gasteiger partial charge in [0, 0.05) is 36.2 Å². The maximum Gasteiger partial charge on any atom is 0.325 e. The van der Waals surface area contributed by atoms with Crippen LogP contribution in [0.2, 0.25) is 0 Å². The molecule has 5 aromatic rings. The second kappa shape index (κ2) is 21.4. The van der Waals surface area contributed by atoms with E-state index in [-0.39, 0.29) is 32.1 Å². The molecule has 0 radical (unpaired) electrons. The Morgan fingerprint density at radius 1 is 0.677 bits per heavy atom. The van der Waals surface area contributed by atoms with E-state index in [0.717, 1.165) is 16.7 Å². The normalized spacial score (nSPS) is 19.7. The van der Waals surface area contributed by atoms with Crippen molar-refractivity contribution >= 4 is 58.4 Å². The first-order valence-corrected chi connectivity index (χ1v) is 21.1. The number of benzene rings is 4. The van der Waals surface area contributed by atoms with E-state index in [4.69, 9.17) is 0 Å². The van der Waals surface area contributed by atoms with Crippen molar-refractivity contribution in [3.63, 3.8) is 0 Å². The summed E-state index contributed by atoms with van der Waals surface area (Å²) in [5.74, 6) is -5.17. The van der Waals surface area contributed by atoms with Crippen LogP contribution in [-0.4, -0.2) is 70.7 Å². The second-order valence-electron chi connectivity index (χ2n) is 15.0. The molecule has 7 rings (SSSR count). The summed E-state index contributed by atoms with van der Waals surface area (Å²) in [6, 6.07) is 30.2. The van der Waals surface area contributed by atoms with Crippen molar-refractivity contribution in [2.75, 3.05) is 5.32 Å². The average molecular weight is 857 g/mol. The molecule has 0 fully saturated rings. The number of hydrogen-bond acceptors (Lipinski definition) is 8. The van der Waals surface area contributed by atoms with Crippen molar-refractivity contribution < 1.29 is 38.7 Å². The minimum absolute atomic E-state index is 0.00112. The Morgan fingerprint density at radius 3 is 1.97 bits per heavy atom. The number of carboxylic acid groups (broad SMARTS) is 1. The fourth-order valence-corrected chi connectivity index (χ4v) is 7.66. The molecule has 62 heavy (non-hydrogen) atoms. The van der Waals surface area contributed by atoms with E-state index >= 15 is 0 Å². The van der Waals surface area contributed by atoms with Crippen LogP contribution in [-0.2, 0) is 52.8 Å². The SMILES string of the molecule is C[C@@H](NC(=O)[C@@H]1Cc2ccc(cc2)NC(=O)CCC(=O)NC(c2cccs2)C(=O)N[C@@H](Cc2ccc(-c3ccccc3)cc2)C(=O)N[C@H](CCc2ccccc2)C(=O)N1)C(=O)O. The zero-order chi connectivity index (χ0) is 44.0. The highest BCUT2D eigenvalue weighted by molar-refractivity contribution is 7.10. The average Bonchev–Trinajstić information content (AvgIpc) is 3.82. The summed E-state index contributed by atoms with van der Waals surface area (Å²) in [6.07, 6.45) is -0.0613. The molecule has 15 heteroatoms. The Kier molecular flexibility index (Phi) is 15.3. The number of anilines is 1. The number of hydrogen-bond donors (Lipinski definition) is 7. The smallest absolute Gasteiger partial charge is 0.325 e. The highest BCUT2D eigenvalue weighted by Gasteiger charge is 2.33. The fraction of sp³-hybridized carbons (Fsp3) is 0.255. The van der Waals surface area contributed by atoms with E-state index in [1.165, 1.54) is 18.3 Å². The van der Waals surface area contributed by atoms with Crippen LogP contribution in [0.1, 0.15) is 53.8 Å². The number of carboxylic acids is 1. The number of thiophene rings is 1. The predicted molar refractivity (Wildman–Crippen MR) is 235 cm³/mol. The molecular weight excluding hydrogens is 809 g/mol. The molecule has 7 N–H and O–H groups in total. The molecule has 0 saturated carbocycles. The molecule has 1 unspecified atom stereocenters. The third kappa shape index (κ3) is 12.7. The Morgan fingerprint density at radius 2 is 1.31 bits per heavy atom. The van der Waals surface area contributed by atoms with E-state index in [0.29, 0.717) is 28.1 Å². The monoisotopic (exact) mass is 856 g/mol. The summed E-state index contributed by atoms with van der Waals surface area (Å²) in [5.41, 5.74) is 4.49. The topological polar surface area (TPSA) is 212 Å². The Bertz CT molecular complexity index is 2340. The van der Waals surface area contributed by atoms with Gasteiger partial charge in [-0.3, -0.25) is 33.6 Å². The molecule has 0 saturated heterocycles. The number of aryl methyl sites for hydroxylation is 1. The number of fused-ring (bicyclic) bond motifs is 18. The quantitative estimate of drug-likeness (QED) is 0.0995. The van der Waals surface area contributed by atoms with Crippen molar-refractivity contribution in [2.45, 2.75) is 75.7 Å². The molecule has 14 nitrogen and oxygen atoms in total. The Labute approximate surface area is 362 Å². The number of rotatable bonds is 10. The molecule has 1 aromatic heterocycles. The van der Waals surface area contributed by atoms with Gasteiger partial charge in [0.05, 0.1) is 0 Å². The van der Waals surface area contributed by atoms with Crippen LogP contribution < -0.4 is 31.9 Å². The Hall–Kier alpha value is -7.13. The number of nitrogens with one attached hydrogen (secondary N) is 6. The minimum Gasteiger partial charge on any atom is -0.480 e. The molecule has 320 valence electrons. The summed E-state index contributed by atoms with van der Waals surface area (Å²) in [6.45, 7) is 1.30. The minimum atomic E-state index is -1.28. The van der Waals surface area contributed by atoms with Gasteiger partial charge < -0.3 is 37.0 Å². The van der Waals surface area contributed by atoms with E-state index in [1.807, 2.05) is 84.9 Å². The molecule has 0 aliphatic carbocycles. The van der Waals surface area contributed by atoms with Crippen molar-refractivity contribution in [3.05, 3.63) is 148 Å². The lowest BCUT2D eigenvalue weighted by Gasteiger charge is -2.27. The van der Waals surface area contributed by atoms with E-state index < -0.39 is 71.6 Å².